The summed E-state index contributed by atoms with van der Waals surface area (Å²) in [6.07, 6.45) is 4.26. The molecule has 0 unspecified atom stereocenters. The third-order valence-electron chi connectivity index (χ3n) is 6.50. The molecule has 9 nitrogen and oxygen atoms in total. The zero-order valence-corrected chi connectivity index (χ0v) is 16.2. The monoisotopic (exact) mass is 397 g/mol. The number of aryl methyl sites for hydroxylation is 1. The van der Waals surface area contributed by atoms with Crippen LogP contribution >= 0.6 is 0 Å². The predicted molar refractivity (Wildman–Crippen MR) is 100.0 cm³/mol. The first-order valence-electron chi connectivity index (χ1n) is 10.1. The van der Waals surface area contributed by atoms with Crippen molar-refractivity contribution in [2.45, 2.75) is 37.9 Å². The number of nitrogens with one attached hydrogen (secondary N) is 1. The lowest BCUT2D eigenvalue weighted by molar-refractivity contribution is 0.00309. The molecule has 5 heterocycles. The van der Waals surface area contributed by atoms with E-state index in [0.29, 0.717) is 43.2 Å². The molecule has 9 heteroatoms. The molecule has 1 spiro atoms. The van der Waals surface area contributed by atoms with Gasteiger partial charge in [-0.1, -0.05) is 12.1 Å². The second-order valence-electron chi connectivity index (χ2n) is 8.07. The number of fused-ring (bicyclic) bond motifs is 1. The molecule has 2 aromatic rings. The first-order chi connectivity index (χ1) is 14.1. The van der Waals surface area contributed by atoms with Crippen molar-refractivity contribution >= 4 is 11.8 Å². The van der Waals surface area contributed by atoms with Crippen LogP contribution in [0.2, 0.25) is 0 Å². The van der Waals surface area contributed by atoms with E-state index in [2.05, 4.69) is 20.7 Å². The van der Waals surface area contributed by atoms with Crippen molar-refractivity contribution < 1.29 is 18.8 Å². The third-order valence-corrected chi connectivity index (χ3v) is 6.50. The normalized spacial score (nSPS) is 29.8. The average molecular weight is 397 g/mol. The molecule has 2 aromatic heterocycles. The molecule has 3 fully saturated rings. The van der Waals surface area contributed by atoms with E-state index >= 15 is 0 Å². The summed E-state index contributed by atoms with van der Waals surface area (Å²) in [6, 6.07) is 5.06. The van der Waals surface area contributed by atoms with Crippen molar-refractivity contribution in [3.8, 4) is 0 Å². The minimum Gasteiger partial charge on any atom is -0.369 e. The molecular formula is C20H23N5O4. The van der Waals surface area contributed by atoms with Gasteiger partial charge < -0.3 is 19.5 Å². The Morgan fingerprint density at radius 2 is 2.28 bits per heavy atom. The number of likely N-dealkylation sites (tertiary alicyclic amines) is 1. The summed E-state index contributed by atoms with van der Waals surface area (Å²) in [5, 5.41) is 14.6. The second-order valence-corrected chi connectivity index (χ2v) is 8.07. The van der Waals surface area contributed by atoms with E-state index in [1.54, 1.807) is 24.4 Å². The lowest BCUT2D eigenvalue weighted by Crippen LogP contribution is -2.42. The first kappa shape index (κ1) is 18.2. The number of aromatic nitrogens is 3. The van der Waals surface area contributed by atoms with Gasteiger partial charge in [0.15, 0.2) is 11.4 Å². The maximum absolute atomic E-state index is 12.8. The van der Waals surface area contributed by atoms with E-state index in [1.807, 2.05) is 11.8 Å². The average Bonchev–Trinajstić information content (AvgIpc) is 3.51. The van der Waals surface area contributed by atoms with E-state index in [9.17, 15) is 9.59 Å². The Balaban J connectivity index is 1.27. The lowest BCUT2D eigenvalue weighted by atomic mass is 9.73. The smallest absolute Gasteiger partial charge is 0.274 e. The van der Waals surface area contributed by atoms with Crippen molar-refractivity contribution in [1.82, 2.24) is 25.6 Å². The quantitative estimate of drug-likeness (QED) is 0.804. The molecule has 5 rings (SSSR count). The molecule has 2 amide bonds. The highest BCUT2D eigenvalue weighted by atomic mass is 16.5. The molecule has 0 saturated carbocycles. The van der Waals surface area contributed by atoms with Crippen LogP contribution in [0.25, 0.3) is 0 Å². The first-order valence-corrected chi connectivity index (χ1v) is 10.1. The number of hydrogen-bond donors (Lipinski definition) is 1. The minimum absolute atomic E-state index is 0.119. The fourth-order valence-electron chi connectivity index (χ4n) is 5.08. The summed E-state index contributed by atoms with van der Waals surface area (Å²) in [5.41, 5.74) is 0.342. The van der Waals surface area contributed by atoms with Crippen LogP contribution in [-0.2, 0) is 11.2 Å². The second kappa shape index (κ2) is 6.91. The summed E-state index contributed by atoms with van der Waals surface area (Å²) >= 11 is 0. The molecule has 29 heavy (non-hydrogen) atoms. The molecule has 0 radical (unpaired) electrons. The molecule has 3 saturated heterocycles. The van der Waals surface area contributed by atoms with Crippen LogP contribution in [-0.4, -0.2) is 63.4 Å². The van der Waals surface area contributed by atoms with Gasteiger partial charge in [-0.3, -0.25) is 9.59 Å². The van der Waals surface area contributed by atoms with E-state index in [4.69, 9.17) is 9.26 Å². The van der Waals surface area contributed by atoms with Crippen molar-refractivity contribution in [2.75, 3.05) is 19.6 Å². The molecule has 0 aromatic carbocycles. The molecule has 1 N–H and O–H groups in total. The van der Waals surface area contributed by atoms with Crippen molar-refractivity contribution in [3.63, 3.8) is 0 Å². The van der Waals surface area contributed by atoms with E-state index in [-0.39, 0.29) is 35.4 Å². The van der Waals surface area contributed by atoms with E-state index < -0.39 is 0 Å². The fraction of sp³-hybridized carbons (Fsp3) is 0.550. The SMILES string of the molecule is CCc1cc(C(=O)NC[C@H]2[C@H]3CN(C(=O)c4cccnn4)C[C@]34CC[C@H]2O4)no1. The number of carbonyl (C=O) groups excluding carboxylic acids is 2. The van der Waals surface area contributed by atoms with Crippen LogP contribution in [0.1, 0.15) is 46.5 Å². The molecule has 0 aliphatic carbocycles. The highest BCUT2D eigenvalue weighted by Crippen LogP contribution is 2.54. The number of nitrogens with zero attached hydrogens (tertiary/aromatic N) is 4. The van der Waals surface area contributed by atoms with Crippen molar-refractivity contribution in [2.24, 2.45) is 11.8 Å². The maximum Gasteiger partial charge on any atom is 0.274 e. The Hall–Kier alpha value is -2.81. The van der Waals surface area contributed by atoms with Crippen molar-refractivity contribution in [1.29, 1.82) is 0 Å². The molecular weight excluding hydrogens is 374 g/mol. The molecule has 2 bridgehead atoms. The van der Waals surface area contributed by atoms with Crippen molar-refractivity contribution in [3.05, 3.63) is 41.5 Å². The molecule has 4 atom stereocenters. The molecule has 3 aliphatic rings. The Labute approximate surface area is 167 Å². The van der Waals surface area contributed by atoms with Gasteiger partial charge in [-0.25, -0.2) is 0 Å². The number of amides is 2. The number of carbonyl (C=O) groups is 2. The van der Waals surface area contributed by atoms with Crippen LogP contribution in [0.3, 0.4) is 0 Å². The Bertz CT molecular complexity index is 932. The summed E-state index contributed by atoms with van der Waals surface area (Å²) in [7, 11) is 0. The van der Waals surface area contributed by atoms with E-state index in [0.717, 1.165) is 12.8 Å². The third kappa shape index (κ3) is 3.00. The van der Waals surface area contributed by atoms with Gasteiger partial charge in [0, 0.05) is 43.6 Å². The summed E-state index contributed by atoms with van der Waals surface area (Å²) < 4.78 is 11.5. The topological polar surface area (TPSA) is 110 Å². The summed E-state index contributed by atoms with van der Waals surface area (Å²) in [6.45, 7) is 3.62. The Morgan fingerprint density at radius 1 is 1.38 bits per heavy atom. The van der Waals surface area contributed by atoms with Crippen LogP contribution < -0.4 is 5.32 Å². The highest BCUT2D eigenvalue weighted by Gasteiger charge is 2.63. The van der Waals surface area contributed by atoms with Crippen LogP contribution in [0.15, 0.2) is 28.9 Å². The van der Waals surface area contributed by atoms with Gasteiger partial charge in [-0.2, -0.15) is 5.10 Å². The zero-order valence-electron chi connectivity index (χ0n) is 16.2. The van der Waals surface area contributed by atoms with E-state index in [1.165, 1.54) is 0 Å². The van der Waals surface area contributed by atoms with Gasteiger partial charge >= 0.3 is 0 Å². The zero-order chi connectivity index (χ0) is 20.0. The van der Waals surface area contributed by atoms with Crippen LogP contribution in [0.4, 0.5) is 0 Å². The van der Waals surface area contributed by atoms with Gasteiger partial charge in [0.25, 0.3) is 11.8 Å². The molecule has 152 valence electrons. The number of rotatable bonds is 5. The lowest BCUT2D eigenvalue weighted by Gasteiger charge is -2.29. The summed E-state index contributed by atoms with van der Waals surface area (Å²) in [4.78, 5) is 27.1. The predicted octanol–water partition coefficient (Wildman–Crippen LogP) is 1.08. The van der Waals surface area contributed by atoms with Gasteiger partial charge in [0.2, 0.25) is 0 Å². The number of hydrogen-bond acceptors (Lipinski definition) is 7. The maximum atomic E-state index is 12.8. The number of ether oxygens (including phenoxy) is 1. The van der Waals surface area contributed by atoms with Gasteiger partial charge in [0.1, 0.15) is 5.76 Å². The van der Waals surface area contributed by atoms with Gasteiger partial charge in [0.05, 0.1) is 18.2 Å². The van der Waals surface area contributed by atoms with Crippen LogP contribution in [0, 0.1) is 11.8 Å². The minimum atomic E-state index is -0.304. The standard InChI is InChI=1S/C20H23N5O4/c1-2-12-8-16(24-29-12)18(26)21-9-13-14-10-25(11-20(14)6-5-17(13)28-20)19(27)15-4-3-7-22-23-15/h3-4,7-8,13-14,17H,2,5-6,9-11H2,1H3,(H,21,26)/t13-,14+,17+,20+/m0/s1. The largest absolute Gasteiger partial charge is 0.369 e. The van der Waals surface area contributed by atoms with Gasteiger partial charge in [-0.15, -0.1) is 5.10 Å². The highest BCUT2D eigenvalue weighted by molar-refractivity contribution is 5.93. The van der Waals surface area contributed by atoms with Gasteiger partial charge in [-0.05, 0) is 25.0 Å². The summed E-state index contributed by atoms with van der Waals surface area (Å²) in [5.74, 6) is 0.698. The Kier molecular flexibility index (Phi) is 4.34. The van der Waals surface area contributed by atoms with Crippen LogP contribution in [0.5, 0.6) is 0 Å². The molecule has 3 aliphatic heterocycles. The fourth-order valence-corrected chi connectivity index (χ4v) is 5.08. The Morgan fingerprint density at radius 3 is 3.03 bits per heavy atom.